The summed E-state index contributed by atoms with van der Waals surface area (Å²) in [5, 5.41) is 0. The van der Waals surface area contributed by atoms with E-state index in [4.69, 9.17) is 4.74 Å². The van der Waals surface area contributed by atoms with E-state index in [9.17, 15) is 18.8 Å². The van der Waals surface area contributed by atoms with E-state index < -0.39 is 23.0 Å². The molecule has 1 N–H and O–H groups in total. The maximum atomic E-state index is 13.0. The number of halogens is 1. The molecule has 0 spiro atoms. The molecule has 3 aromatic rings. The first kappa shape index (κ1) is 20.5. The van der Waals surface area contributed by atoms with Crippen LogP contribution < -0.4 is 11.2 Å². The molecule has 1 aromatic carbocycles. The molecule has 8 nitrogen and oxygen atoms in total. The van der Waals surface area contributed by atoms with Crippen molar-refractivity contribution in [3.8, 4) is 0 Å². The lowest BCUT2D eigenvalue weighted by Crippen LogP contribution is -2.31. The number of carbonyl (C=O) groups is 1. The molecule has 154 valence electrons. The van der Waals surface area contributed by atoms with Gasteiger partial charge in [0.05, 0.1) is 5.56 Å². The number of benzene rings is 1. The monoisotopic (exact) mass is 402 g/mol. The second kappa shape index (κ2) is 8.85. The third kappa shape index (κ3) is 4.28. The molecule has 0 aliphatic carbocycles. The average molecular weight is 402 g/mol. The van der Waals surface area contributed by atoms with Gasteiger partial charge in [0.1, 0.15) is 18.2 Å². The number of esters is 1. The van der Waals surface area contributed by atoms with Crippen LogP contribution >= 0.6 is 0 Å². The van der Waals surface area contributed by atoms with Crippen LogP contribution in [0.5, 0.6) is 0 Å². The summed E-state index contributed by atoms with van der Waals surface area (Å²) in [6, 6.07) is 5.02. The number of hydrogen-bond donors (Lipinski definition) is 1. The molecule has 0 radical (unpaired) electrons. The van der Waals surface area contributed by atoms with Gasteiger partial charge in [-0.05, 0) is 37.1 Å². The smallest absolute Gasteiger partial charge is 0.338 e. The van der Waals surface area contributed by atoms with Crippen LogP contribution in [0.15, 0.2) is 33.9 Å². The van der Waals surface area contributed by atoms with Crippen LogP contribution in [0, 0.1) is 5.82 Å². The second-order valence-corrected chi connectivity index (χ2v) is 6.70. The van der Waals surface area contributed by atoms with Gasteiger partial charge in [-0.3, -0.25) is 14.3 Å². The summed E-state index contributed by atoms with van der Waals surface area (Å²) < 4.78 is 21.5. The molecule has 2 heterocycles. The number of ether oxygens (including phenoxy) is 1. The Balaban J connectivity index is 1.98. The number of nitrogens with one attached hydrogen (secondary N) is 1. The molecule has 0 amide bonds. The van der Waals surface area contributed by atoms with Crippen molar-refractivity contribution in [2.45, 2.75) is 52.8 Å². The first-order valence-corrected chi connectivity index (χ1v) is 9.61. The van der Waals surface area contributed by atoms with Crippen molar-refractivity contribution in [3.05, 3.63) is 62.3 Å². The number of imidazole rings is 1. The SMILES string of the molecule is CCCCn1c(=O)[nH]c(=O)c2c1nc(COC(=O)c1ccc(F)cc1)n2CCC. The maximum absolute atomic E-state index is 13.0. The molecule has 0 saturated carbocycles. The Morgan fingerprint density at radius 3 is 2.48 bits per heavy atom. The molecular weight excluding hydrogens is 379 g/mol. The van der Waals surface area contributed by atoms with Gasteiger partial charge in [-0.2, -0.15) is 0 Å². The molecule has 0 saturated heterocycles. The van der Waals surface area contributed by atoms with Crippen LogP contribution in [0.25, 0.3) is 11.2 Å². The van der Waals surface area contributed by atoms with Gasteiger partial charge in [-0.15, -0.1) is 0 Å². The minimum absolute atomic E-state index is 0.174. The van der Waals surface area contributed by atoms with Gasteiger partial charge in [-0.1, -0.05) is 20.3 Å². The largest absolute Gasteiger partial charge is 0.454 e. The lowest BCUT2D eigenvalue weighted by molar-refractivity contribution is 0.0458. The molecule has 2 aromatic heterocycles. The molecule has 0 aliphatic heterocycles. The number of hydrogen-bond acceptors (Lipinski definition) is 5. The molecular formula is C20H23FN4O4. The third-order valence-electron chi connectivity index (χ3n) is 4.56. The Morgan fingerprint density at radius 2 is 1.83 bits per heavy atom. The summed E-state index contributed by atoms with van der Waals surface area (Å²) in [5.74, 6) is -0.702. The van der Waals surface area contributed by atoms with Crippen molar-refractivity contribution < 1.29 is 13.9 Å². The van der Waals surface area contributed by atoms with Crippen LogP contribution in [-0.4, -0.2) is 25.1 Å². The summed E-state index contributed by atoms with van der Waals surface area (Å²) in [7, 11) is 0. The number of aromatic nitrogens is 4. The standard InChI is InChI=1S/C20H23FN4O4/c1-3-5-11-25-17-16(18(26)23-20(25)28)24(10-4-2)15(22-17)12-29-19(27)13-6-8-14(21)9-7-13/h6-9H,3-5,10-12H2,1-2H3,(H,23,26,28). The minimum atomic E-state index is -0.627. The molecule has 0 bridgehead atoms. The number of unbranched alkanes of at least 4 members (excludes halogenated alkanes) is 1. The highest BCUT2D eigenvalue weighted by atomic mass is 19.1. The van der Waals surface area contributed by atoms with Crippen LogP contribution in [0.2, 0.25) is 0 Å². The van der Waals surface area contributed by atoms with Crippen LogP contribution in [-0.2, 0) is 24.4 Å². The molecule has 0 atom stereocenters. The van der Waals surface area contributed by atoms with E-state index in [-0.39, 0.29) is 23.3 Å². The van der Waals surface area contributed by atoms with Crippen molar-refractivity contribution in [2.75, 3.05) is 0 Å². The number of aromatic amines is 1. The van der Waals surface area contributed by atoms with Gasteiger partial charge in [0.25, 0.3) is 5.56 Å². The van der Waals surface area contributed by atoms with Gasteiger partial charge in [0, 0.05) is 13.1 Å². The van der Waals surface area contributed by atoms with Crippen molar-refractivity contribution >= 4 is 17.1 Å². The van der Waals surface area contributed by atoms with E-state index in [1.54, 1.807) is 4.57 Å². The van der Waals surface area contributed by atoms with E-state index in [0.717, 1.165) is 19.3 Å². The molecule has 0 unspecified atom stereocenters. The first-order chi connectivity index (χ1) is 14.0. The zero-order chi connectivity index (χ0) is 21.0. The van der Waals surface area contributed by atoms with Crippen molar-refractivity contribution in [1.82, 2.24) is 19.1 Å². The Morgan fingerprint density at radius 1 is 1.10 bits per heavy atom. The second-order valence-electron chi connectivity index (χ2n) is 6.70. The fourth-order valence-electron chi connectivity index (χ4n) is 3.12. The minimum Gasteiger partial charge on any atom is -0.454 e. The van der Waals surface area contributed by atoms with Crippen molar-refractivity contribution in [3.63, 3.8) is 0 Å². The summed E-state index contributed by atoms with van der Waals surface area (Å²) in [6.45, 7) is 4.69. The third-order valence-corrected chi connectivity index (χ3v) is 4.56. The molecule has 3 rings (SSSR count). The van der Waals surface area contributed by atoms with E-state index in [1.807, 2.05) is 13.8 Å². The van der Waals surface area contributed by atoms with Gasteiger partial charge in [-0.25, -0.2) is 19.0 Å². The zero-order valence-corrected chi connectivity index (χ0v) is 16.4. The van der Waals surface area contributed by atoms with Gasteiger partial charge in [0.15, 0.2) is 11.2 Å². The van der Waals surface area contributed by atoms with Crippen molar-refractivity contribution in [2.24, 2.45) is 0 Å². The van der Waals surface area contributed by atoms with Crippen LogP contribution in [0.1, 0.15) is 49.3 Å². The van der Waals surface area contributed by atoms with Gasteiger partial charge in [0.2, 0.25) is 0 Å². The Hall–Kier alpha value is -3.23. The summed E-state index contributed by atoms with van der Waals surface area (Å²) in [5.41, 5.74) is -0.243. The summed E-state index contributed by atoms with van der Waals surface area (Å²) in [4.78, 5) is 43.8. The molecule has 0 fully saturated rings. The van der Waals surface area contributed by atoms with Gasteiger partial charge < -0.3 is 9.30 Å². The molecule has 29 heavy (non-hydrogen) atoms. The Kier molecular flexibility index (Phi) is 6.26. The maximum Gasteiger partial charge on any atom is 0.338 e. The number of rotatable bonds is 8. The fraction of sp³-hybridized carbons (Fsp3) is 0.400. The average Bonchev–Trinajstić information content (AvgIpc) is 3.05. The highest BCUT2D eigenvalue weighted by Gasteiger charge is 2.19. The van der Waals surface area contributed by atoms with Crippen molar-refractivity contribution in [1.29, 1.82) is 0 Å². The zero-order valence-electron chi connectivity index (χ0n) is 16.4. The van der Waals surface area contributed by atoms with E-state index in [0.29, 0.717) is 18.9 Å². The Bertz CT molecular complexity index is 1130. The highest BCUT2D eigenvalue weighted by Crippen LogP contribution is 2.15. The topological polar surface area (TPSA) is 99.0 Å². The van der Waals surface area contributed by atoms with E-state index in [2.05, 4.69) is 9.97 Å². The molecule has 0 aliphatic rings. The number of H-pyrrole nitrogens is 1. The summed E-state index contributed by atoms with van der Waals surface area (Å²) >= 11 is 0. The van der Waals surface area contributed by atoms with E-state index >= 15 is 0 Å². The first-order valence-electron chi connectivity index (χ1n) is 9.61. The van der Waals surface area contributed by atoms with Crippen LogP contribution in [0.4, 0.5) is 4.39 Å². The normalized spacial score (nSPS) is 11.1. The number of carbonyl (C=O) groups excluding carboxylic acids is 1. The van der Waals surface area contributed by atoms with Gasteiger partial charge >= 0.3 is 11.7 Å². The number of nitrogens with zero attached hydrogens (tertiary/aromatic N) is 3. The molecule has 9 heteroatoms. The number of fused-ring (bicyclic) bond motifs is 1. The quantitative estimate of drug-likeness (QED) is 0.584. The lowest BCUT2D eigenvalue weighted by Gasteiger charge is -2.08. The van der Waals surface area contributed by atoms with Crippen LogP contribution in [0.3, 0.4) is 0 Å². The lowest BCUT2D eigenvalue weighted by atomic mass is 10.2. The fourth-order valence-corrected chi connectivity index (χ4v) is 3.12. The summed E-state index contributed by atoms with van der Waals surface area (Å²) in [6.07, 6.45) is 2.36. The highest BCUT2D eigenvalue weighted by molar-refractivity contribution is 5.89. The number of aryl methyl sites for hydroxylation is 2. The van der Waals surface area contributed by atoms with E-state index in [1.165, 1.54) is 28.8 Å². The Labute approximate surface area is 166 Å². The predicted molar refractivity (Wildman–Crippen MR) is 105 cm³/mol. The predicted octanol–water partition coefficient (Wildman–Crippen LogP) is 2.59.